The van der Waals surface area contributed by atoms with Gasteiger partial charge in [0.05, 0.1) is 11.3 Å². The number of pyridine rings is 1. The number of benzene rings is 2. The smallest absolute Gasteiger partial charge is 0.119 e. The highest BCUT2D eigenvalue weighted by Gasteiger charge is 2.07. The molecule has 0 spiro atoms. The summed E-state index contributed by atoms with van der Waals surface area (Å²) in [4.78, 5) is 5.47. The first-order chi connectivity index (χ1) is 13.0. The van der Waals surface area contributed by atoms with Crippen LogP contribution in [0, 0.1) is 11.3 Å². The molecule has 0 atom stereocenters. The molecule has 1 heterocycles. The minimum absolute atomic E-state index is 0.506. The lowest BCUT2D eigenvalue weighted by Crippen LogP contribution is -1.92. The Morgan fingerprint density at radius 2 is 1.74 bits per heavy atom. The van der Waals surface area contributed by atoms with Crippen molar-refractivity contribution in [3.8, 4) is 6.07 Å². The van der Waals surface area contributed by atoms with Crippen molar-refractivity contribution in [2.45, 2.75) is 9.92 Å². The van der Waals surface area contributed by atoms with Crippen LogP contribution in [0.25, 0.3) is 6.08 Å². The minimum Gasteiger partial charge on any atom is -0.362 e. The third-order valence-electron chi connectivity index (χ3n) is 3.38. The van der Waals surface area contributed by atoms with E-state index in [0.29, 0.717) is 31.4 Å². The Morgan fingerprint density at radius 1 is 0.963 bits per heavy atom. The summed E-state index contributed by atoms with van der Waals surface area (Å²) >= 11 is 19.4. The van der Waals surface area contributed by atoms with E-state index in [1.807, 2.05) is 18.2 Å². The van der Waals surface area contributed by atoms with E-state index in [4.69, 9.17) is 34.8 Å². The zero-order valence-electron chi connectivity index (χ0n) is 13.8. The van der Waals surface area contributed by atoms with Crippen molar-refractivity contribution in [1.29, 1.82) is 5.26 Å². The maximum Gasteiger partial charge on any atom is 0.119 e. The van der Waals surface area contributed by atoms with E-state index in [9.17, 15) is 5.26 Å². The lowest BCUT2D eigenvalue weighted by molar-refractivity contribution is 1.09. The van der Waals surface area contributed by atoms with Gasteiger partial charge in [-0.15, -0.1) is 0 Å². The third kappa shape index (κ3) is 5.66. The van der Waals surface area contributed by atoms with Gasteiger partial charge in [-0.25, -0.2) is 4.98 Å². The van der Waals surface area contributed by atoms with Crippen LogP contribution < -0.4 is 5.32 Å². The van der Waals surface area contributed by atoms with Crippen molar-refractivity contribution in [1.82, 2.24) is 4.98 Å². The number of halogens is 3. The van der Waals surface area contributed by atoms with Gasteiger partial charge in [0.15, 0.2) is 0 Å². The van der Waals surface area contributed by atoms with Gasteiger partial charge < -0.3 is 5.32 Å². The molecule has 1 N–H and O–H groups in total. The molecule has 0 saturated heterocycles. The summed E-state index contributed by atoms with van der Waals surface area (Å²) in [7, 11) is 0. The van der Waals surface area contributed by atoms with Crippen LogP contribution in [0.5, 0.6) is 0 Å². The molecule has 0 radical (unpaired) electrons. The second kappa shape index (κ2) is 9.16. The molecular weight excluding hydrogens is 421 g/mol. The lowest BCUT2D eigenvalue weighted by Gasteiger charge is -2.05. The Labute approximate surface area is 176 Å². The summed E-state index contributed by atoms with van der Waals surface area (Å²) in [6.45, 7) is 0. The first-order valence-corrected chi connectivity index (χ1v) is 9.72. The van der Waals surface area contributed by atoms with Crippen LogP contribution >= 0.6 is 46.6 Å². The Morgan fingerprint density at radius 3 is 2.44 bits per heavy atom. The Bertz CT molecular complexity index is 1020. The van der Waals surface area contributed by atoms with E-state index in [2.05, 4.69) is 16.4 Å². The van der Waals surface area contributed by atoms with Gasteiger partial charge in [-0.1, -0.05) is 52.6 Å². The molecule has 0 amide bonds. The van der Waals surface area contributed by atoms with Crippen LogP contribution in [0.2, 0.25) is 15.1 Å². The maximum atomic E-state index is 9.33. The number of rotatable bonds is 5. The van der Waals surface area contributed by atoms with E-state index in [0.717, 1.165) is 10.6 Å². The Balaban J connectivity index is 1.79. The van der Waals surface area contributed by atoms with Crippen LogP contribution in [0.15, 0.2) is 70.7 Å². The van der Waals surface area contributed by atoms with E-state index < -0.39 is 0 Å². The van der Waals surface area contributed by atoms with Crippen LogP contribution in [-0.4, -0.2) is 4.98 Å². The van der Waals surface area contributed by atoms with Crippen molar-refractivity contribution in [2.75, 3.05) is 5.32 Å². The number of hydrogen-bond acceptors (Lipinski definition) is 4. The Kier molecular flexibility index (Phi) is 6.65. The predicted molar refractivity (Wildman–Crippen MR) is 114 cm³/mol. The second-order valence-electron chi connectivity index (χ2n) is 5.40. The summed E-state index contributed by atoms with van der Waals surface area (Å²) in [6, 6.07) is 18.3. The molecule has 2 aromatic carbocycles. The van der Waals surface area contributed by atoms with Crippen molar-refractivity contribution in [3.63, 3.8) is 0 Å². The van der Waals surface area contributed by atoms with Gasteiger partial charge in [-0.3, -0.25) is 0 Å². The molecule has 0 fully saturated rings. The molecule has 134 valence electrons. The fourth-order valence-corrected chi connectivity index (χ4v) is 3.92. The molecule has 0 aliphatic heterocycles. The highest BCUT2D eigenvalue weighted by Crippen LogP contribution is 2.30. The highest BCUT2D eigenvalue weighted by atomic mass is 35.5. The van der Waals surface area contributed by atoms with Gasteiger partial charge in [0.25, 0.3) is 0 Å². The molecule has 0 saturated carbocycles. The van der Waals surface area contributed by atoms with Gasteiger partial charge in [-0.05, 0) is 54.6 Å². The van der Waals surface area contributed by atoms with Crippen molar-refractivity contribution in [2.24, 2.45) is 0 Å². The van der Waals surface area contributed by atoms with E-state index in [1.165, 1.54) is 11.8 Å². The number of aromatic nitrogens is 1. The van der Waals surface area contributed by atoms with Crippen LogP contribution in [0.1, 0.15) is 11.3 Å². The van der Waals surface area contributed by atoms with Gasteiger partial charge in [0.2, 0.25) is 0 Å². The second-order valence-corrected chi connectivity index (χ2v) is 7.77. The fraction of sp³-hybridized carbons (Fsp3) is 0. The summed E-state index contributed by atoms with van der Waals surface area (Å²) in [6.07, 6.45) is 3.54. The summed E-state index contributed by atoms with van der Waals surface area (Å²) < 4.78 is 0. The maximum absolute atomic E-state index is 9.33. The third-order valence-corrected chi connectivity index (χ3v) is 5.05. The van der Waals surface area contributed by atoms with Gasteiger partial charge in [-0.2, -0.15) is 5.26 Å². The zero-order valence-corrected chi connectivity index (χ0v) is 16.9. The average Bonchev–Trinajstić information content (AvgIpc) is 2.61. The molecule has 3 rings (SSSR count). The quantitative estimate of drug-likeness (QED) is 0.465. The standard InChI is InChI=1S/C20H12Cl3N3S/c21-14-2-1-3-19(11-14)27-20-13(12-24)4-5-17(26-20)6-7-25-18-9-15(22)8-16(23)10-18/h1-11,25H. The predicted octanol–water partition coefficient (Wildman–Crippen LogP) is 7.15. The first kappa shape index (κ1) is 19.6. The molecule has 0 aliphatic carbocycles. The van der Waals surface area contributed by atoms with Crippen molar-refractivity contribution < 1.29 is 0 Å². The van der Waals surface area contributed by atoms with Crippen molar-refractivity contribution in [3.05, 3.63) is 87.1 Å². The monoisotopic (exact) mass is 431 g/mol. The lowest BCUT2D eigenvalue weighted by atomic mass is 10.2. The Hall–Kier alpha value is -2.16. The molecule has 0 bridgehead atoms. The summed E-state index contributed by atoms with van der Waals surface area (Å²) in [5, 5.41) is 14.8. The van der Waals surface area contributed by atoms with E-state index in [1.54, 1.807) is 48.7 Å². The number of hydrogen-bond donors (Lipinski definition) is 1. The molecule has 0 aliphatic rings. The summed E-state index contributed by atoms with van der Waals surface area (Å²) in [5.74, 6) is 0. The SMILES string of the molecule is N#Cc1ccc(C=CNc2cc(Cl)cc(Cl)c2)nc1Sc1cccc(Cl)c1. The van der Waals surface area contributed by atoms with E-state index >= 15 is 0 Å². The molecule has 3 nitrogen and oxygen atoms in total. The van der Waals surface area contributed by atoms with Crippen LogP contribution in [0.4, 0.5) is 5.69 Å². The minimum atomic E-state index is 0.506. The number of nitrogens with one attached hydrogen (secondary N) is 1. The highest BCUT2D eigenvalue weighted by molar-refractivity contribution is 7.99. The molecule has 3 aromatic rings. The number of nitrogens with zero attached hydrogens (tertiary/aromatic N) is 2. The average molecular weight is 433 g/mol. The topological polar surface area (TPSA) is 48.7 Å². The first-order valence-electron chi connectivity index (χ1n) is 7.77. The number of anilines is 1. The molecular formula is C20H12Cl3N3S. The van der Waals surface area contributed by atoms with Gasteiger partial charge in [0.1, 0.15) is 11.1 Å². The van der Waals surface area contributed by atoms with Crippen LogP contribution in [0.3, 0.4) is 0 Å². The summed E-state index contributed by atoms with van der Waals surface area (Å²) in [5.41, 5.74) is 1.98. The zero-order chi connectivity index (χ0) is 19.2. The molecule has 27 heavy (non-hydrogen) atoms. The van der Waals surface area contributed by atoms with Crippen LogP contribution in [-0.2, 0) is 0 Å². The largest absolute Gasteiger partial charge is 0.362 e. The van der Waals surface area contributed by atoms with Gasteiger partial charge >= 0.3 is 0 Å². The fourth-order valence-electron chi connectivity index (χ4n) is 2.21. The van der Waals surface area contributed by atoms with Crippen molar-refractivity contribution >= 4 is 58.3 Å². The number of nitriles is 1. The molecule has 7 heteroatoms. The van der Waals surface area contributed by atoms with E-state index in [-0.39, 0.29) is 0 Å². The molecule has 1 aromatic heterocycles. The molecule has 0 unspecified atom stereocenters. The van der Waals surface area contributed by atoms with Gasteiger partial charge in [0, 0.05) is 31.9 Å². The normalized spacial score (nSPS) is 10.7.